The minimum atomic E-state index is -2.34. The van der Waals surface area contributed by atoms with Crippen molar-refractivity contribution in [1.82, 2.24) is 15.3 Å². The van der Waals surface area contributed by atoms with Crippen LogP contribution in [-0.2, 0) is 22.6 Å². The smallest absolute Gasteiger partial charge is 0.257 e. The third-order valence-electron chi connectivity index (χ3n) is 7.89. The number of aromatic nitrogens is 2. The van der Waals surface area contributed by atoms with E-state index in [0.717, 1.165) is 27.8 Å². The van der Waals surface area contributed by atoms with Crippen molar-refractivity contribution >= 4 is 17.7 Å². The summed E-state index contributed by atoms with van der Waals surface area (Å²) in [6.07, 6.45) is 2.82. The number of nitrogens with one attached hydrogen (secondary N) is 1. The third-order valence-corrected chi connectivity index (χ3v) is 8.90. The molecule has 0 unspecified atom stereocenters. The summed E-state index contributed by atoms with van der Waals surface area (Å²) < 4.78 is 81.5. The number of rotatable bonds is 10. The highest BCUT2D eigenvalue weighted by atomic mass is 32.2. The summed E-state index contributed by atoms with van der Waals surface area (Å²) in [5.74, 6) is -12.0. The Morgan fingerprint density at radius 2 is 1.43 bits per heavy atom. The van der Waals surface area contributed by atoms with Gasteiger partial charge in [-0.15, -0.1) is 0 Å². The van der Waals surface area contributed by atoms with Crippen LogP contribution < -0.4 is 5.32 Å². The Labute approximate surface area is 282 Å². The van der Waals surface area contributed by atoms with Crippen molar-refractivity contribution in [3.63, 3.8) is 0 Å². The number of aliphatic hydroxyl groups is 1. The Morgan fingerprint density at radius 1 is 0.776 bits per heavy atom. The fourth-order valence-electron chi connectivity index (χ4n) is 5.32. The van der Waals surface area contributed by atoms with E-state index in [4.69, 9.17) is 9.47 Å². The quantitative estimate of drug-likeness (QED) is 0.0512. The predicted molar refractivity (Wildman–Crippen MR) is 170 cm³/mol. The lowest BCUT2D eigenvalue weighted by molar-refractivity contribution is -0.245. The van der Waals surface area contributed by atoms with Gasteiger partial charge in [-0.3, -0.25) is 4.79 Å². The summed E-state index contributed by atoms with van der Waals surface area (Å²) in [6, 6.07) is 23.7. The van der Waals surface area contributed by atoms with Crippen molar-refractivity contribution in [2.24, 2.45) is 0 Å². The average Bonchev–Trinajstić information content (AvgIpc) is 3.15. The first-order valence-corrected chi connectivity index (χ1v) is 16.1. The molecule has 0 aliphatic carbocycles. The molecule has 49 heavy (non-hydrogen) atoms. The molecule has 1 aliphatic heterocycles. The van der Waals surface area contributed by atoms with Crippen LogP contribution in [0.25, 0.3) is 11.1 Å². The van der Waals surface area contributed by atoms with E-state index < -0.39 is 46.8 Å². The molecule has 7 nitrogen and oxygen atoms in total. The molecule has 1 aromatic heterocycles. The molecule has 252 valence electrons. The van der Waals surface area contributed by atoms with E-state index in [0.29, 0.717) is 22.9 Å². The van der Waals surface area contributed by atoms with E-state index in [1.165, 1.54) is 11.8 Å². The summed E-state index contributed by atoms with van der Waals surface area (Å²) in [5, 5.41) is 12.3. The minimum Gasteiger partial charge on any atom is -0.392 e. The molecule has 0 saturated carbocycles. The van der Waals surface area contributed by atoms with Crippen LogP contribution in [0.1, 0.15) is 51.4 Å². The Kier molecular flexibility index (Phi) is 10.6. The number of carbonyl (C=O) groups excluding carboxylic acids is 1. The molecule has 0 spiro atoms. The van der Waals surface area contributed by atoms with E-state index in [9.17, 15) is 31.9 Å². The number of carbonyl (C=O) groups is 1. The fraction of sp³-hybridized carbons (Fsp3) is 0.194. The highest BCUT2D eigenvalue weighted by Crippen LogP contribution is 2.39. The summed E-state index contributed by atoms with van der Waals surface area (Å²) in [4.78, 5) is 21.0. The molecule has 0 radical (unpaired) electrons. The zero-order valence-corrected chi connectivity index (χ0v) is 26.4. The van der Waals surface area contributed by atoms with Crippen LogP contribution >= 0.6 is 11.8 Å². The maximum Gasteiger partial charge on any atom is 0.257 e. The molecule has 1 fully saturated rings. The lowest BCUT2D eigenvalue weighted by atomic mass is 9.99. The highest BCUT2D eigenvalue weighted by Gasteiger charge is 2.33. The van der Waals surface area contributed by atoms with Crippen molar-refractivity contribution in [1.29, 1.82) is 0 Å². The Hall–Kier alpha value is -4.69. The topological polar surface area (TPSA) is 93.6 Å². The summed E-state index contributed by atoms with van der Waals surface area (Å²) in [7, 11) is 0. The number of hydrogen-bond acceptors (Lipinski definition) is 7. The molecule has 13 heteroatoms. The monoisotopic (exact) mass is 693 g/mol. The van der Waals surface area contributed by atoms with Gasteiger partial charge in [-0.05, 0) is 39.9 Å². The molecule has 0 bridgehead atoms. The summed E-state index contributed by atoms with van der Waals surface area (Å²) >= 11 is 1.49. The van der Waals surface area contributed by atoms with Crippen LogP contribution in [0.3, 0.4) is 0 Å². The van der Waals surface area contributed by atoms with Crippen LogP contribution in [0.2, 0.25) is 0 Å². The molecule has 1 saturated heterocycles. The van der Waals surface area contributed by atoms with Gasteiger partial charge in [-0.2, -0.15) is 0 Å². The van der Waals surface area contributed by atoms with Gasteiger partial charge in [0.05, 0.1) is 18.8 Å². The third kappa shape index (κ3) is 7.81. The number of ether oxygens (including phenoxy) is 2. The molecule has 1 amide bonds. The predicted octanol–water partition coefficient (Wildman–Crippen LogP) is 7.60. The Bertz CT molecular complexity index is 1910. The van der Waals surface area contributed by atoms with E-state index in [-0.39, 0.29) is 25.4 Å². The maximum atomic E-state index is 14.1. The number of amides is 1. The van der Waals surface area contributed by atoms with E-state index >= 15 is 0 Å². The first-order chi connectivity index (χ1) is 23.7. The molecule has 2 N–H and O–H groups in total. The molecular formula is C36H28F5N3O4S. The van der Waals surface area contributed by atoms with E-state index in [1.54, 1.807) is 36.7 Å². The van der Waals surface area contributed by atoms with Gasteiger partial charge in [0.25, 0.3) is 5.91 Å². The summed E-state index contributed by atoms with van der Waals surface area (Å²) in [6.45, 7) is -0.293. The van der Waals surface area contributed by atoms with Gasteiger partial charge in [0.2, 0.25) is 5.82 Å². The largest absolute Gasteiger partial charge is 0.392 e. The van der Waals surface area contributed by atoms with Crippen molar-refractivity contribution in [3.8, 4) is 11.1 Å². The van der Waals surface area contributed by atoms with Crippen LogP contribution in [0.15, 0.2) is 96.4 Å². The van der Waals surface area contributed by atoms with Gasteiger partial charge >= 0.3 is 0 Å². The van der Waals surface area contributed by atoms with Crippen molar-refractivity contribution in [3.05, 3.63) is 148 Å². The summed E-state index contributed by atoms with van der Waals surface area (Å²) in [5.41, 5.74) is 3.06. The van der Waals surface area contributed by atoms with E-state index in [1.807, 2.05) is 54.6 Å². The van der Waals surface area contributed by atoms with Crippen LogP contribution in [-0.4, -0.2) is 32.8 Å². The highest BCUT2D eigenvalue weighted by molar-refractivity contribution is 7.99. The van der Waals surface area contributed by atoms with Gasteiger partial charge < -0.3 is 19.9 Å². The first kappa shape index (κ1) is 34.2. The minimum absolute atomic E-state index is 0.0593. The lowest BCUT2D eigenvalue weighted by Gasteiger charge is -2.36. The van der Waals surface area contributed by atoms with Gasteiger partial charge in [-0.25, -0.2) is 31.9 Å². The number of halogens is 5. The SMILES string of the molecule is O=C(NCc1cccc(-c2ccc([C@H]3O[C@@H](CSc4ncccn4)C[C@@H](c4ccc(CO)cc4)O3)cc2)c1)c1c(F)c(F)c(F)c(F)c1F. The molecule has 6 rings (SSSR count). The van der Waals surface area contributed by atoms with Crippen molar-refractivity contribution in [2.75, 3.05) is 5.75 Å². The molecule has 3 atom stereocenters. The fourth-order valence-corrected chi connectivity index (χ4v) is 6.14. The second kappa shape index (κ2) is 15.2. The van der Waals surface area contributed by atoms with Gasteiger partial charge in [-0.1, -0.05) is 78.5 Å². The second-order valence-corrected chi connectivity index (χ2v) is 12.1. The zero-order chi connectivity index (χ0) is 34.5. The lowest BCUT2D eigenvalue weighted by Crippen LogP contribution is -2.31. The van der Waals surface area contributed by atoms with Crippen molar-refractivity contribution < 1.29 is 41.3 Å². The van der Waals surface area contributed by atoms with E-state index in [2.05, 4.69) is 15.3 Å². The van der Waals surface area contributed by atoms with Gasteiger partial charge in [0, 0.05) is 36.7 Å². The Morgan fingerprint density at radius 3 is 2.10 bits per heavy atom. The number of benzene rings is 4. The van der Waals surface area contributed by atoms with Crippen LogP contribution in [0.4, 0.5) is 22.0 Å². The molecular weight excluding hydrogens is 665 g/mol. The molecule has 2 heterocycles. The molecule has 4 aromatic carbocycles. The van der Waals surface area contributed by atoms with Gasteiger partial charge in [0.15, 0.2) is 34.7 Å². The van der Waals surface area contributed by atoms with Gasteiger partial charge in [0.1, 0.15) is 5.56 Å². The molecule has 5 aromatic rings. The first-order valence-electron chi connectivity index (χ1n) is 15.1. The van der Waals surface area contributed by atoms with Crippen LogP contribution in [0.5, 0.6) is 0 Å². The number of thioether (sulfide) groups is 1. The number of nitrogens with zero attached hydrogens (tertiary/aromatic N) is 2. The standard InChI is InChI=1S/C36H28F5N3O4S/c37-29-28(30(38)32(40)33(41)31(29)39)34(46)44-17-21-3-1-4-25(15-21)22-9-11-24(12-10-22)35-47-26(19-49-36-42-13-2-14-43-36)16-27(48-35)23-7-5-20(18-45)6-8-23/h1-15,26-27,35,45H,16-19H2,(H,44,46)/t26-,27+,35+/m1/s1. The van der Waals surface area contributed by atoms with Crippen LogP contribution in [0, 0.1) is 29.1 Å². The molecule has 1 aliphatic rings. The number of hydrogen-bond donors (Lipinski definition) is 2. The maximum absolute atomic E-state index is 14.1. The van der Waals surface area contributed by atoms with Crippen molar-refractivity contribution in [2.45, 2.75) is 43.2 Å². The average molecular weight is 694 g/mol. The second-order valence-electron chi connectivity index (χ2n) is 11.1. The zero-order valence-electron chi connectivity index (χ0n) is 25.6. The number of aliphatic hydroxyl groups excluding tert-OH is 1. The normalized spacial score (nSPS) is 17.6. The Balaban J connectivity index is 1.16.